The van der Waals surface area contributed by atoms with Gasteiger partial charge >= 0.3 is 0 Å². The monoisotopic (exact) mass is 216 g/mol. The summed E-state index contributed by atoms with van der Waals surface area (Å²) in [6.07, 6.45) is 4.59. The normalized spacial score (nSPS) is 21.4. The minimum Gasteiger partial charge on any atom is -0.368 e. The van der Waals surface area contributed by atoms with Crippen molar-refractivity contribution in [3.63, 3.8) is 0 Å². The van der Waals surface area contributed by atoms with Gasteiger partial charge in [0.15, 0.2) is 5.82 Å². The van der Waals surface area contributed by atoms with Crippen LogP contribution >= 0.6 is 0 Å². The van der Waals surface area contributed by atoms with Crippen molar-refractivity contribution in [2.75, 3.05) is 0 Å². The molecule has 0 saturated heterocycles. The standard InChI is InChI=1S/C10H12N6/c1-2-3-16-9-6(4-13-16)8-7(5-12-9)14-10(11)15-8/h4-5,7H,2-3H2,1H3,(H2,11,14). The molecule has 0 saturated carbocycles. The Morgan fingerprint density at radius 2 is 2.38 bits per heavy atom. The largest absolute Gasteiger partial charge is 0.368 e. The molecule has 0 radical (unpaired) electrons. The van der Waals surface area contributed by atoms with Crippen molar-refractivity contribution in [1.29, 1.82) is 0 Å². The molecule has 16 heavy (non-hydrogen) atoms. The Labute approximate surface area is 92.6 Å². The molecule has 3 heterocycles. The SMILES string of the molecule is CCCn1ncc2c1N=CC1N=C(N)N=C21. The molecule has 1 aromatic rings. The summed E-state index contributed by atoms with van der Waals surface area (Å²) in [7, 11) is 0. The molecule has 3 rings (SSSR count). The number of guanidine groups is 1. The van der Waals surface area contributed by atoms with E-state index < -0.39 is 0 Å². The molecule has 6 nitrogen and oxygen atoms in total. The van der Waals surface area contributed by atoms with Crippen LogP contribution in [0.1, 0.15) is 18.9 Å². The summed E-state index contributed by atoms with van der Waals surface area (Å²) in [4.78, 5) is 12.8. The Kier molecular flexibility index (Phi) is 1.89. The molecule has 1 atom stereocenters. The van der Waals surface area contributed by atoms with Crippen LogP contribution in [0.2, 0.25) is 0 Å². The first-order valence-corrected chi connectivity index (χ1v) is 5.32. The molecule has 82 valence electrons. The van der Waals surface area contributed by atoms with Crippen LogP contribution in [0.15, 0.2) is 21.2 Å². The van der Waals surface area contributed by atoms with Gasteiger partial charge in [-0.15, -0.1) is 0 Å². The number of nitrogens with zero attached hydrogens (tertiary/aromatic N) is 5. The molecule has 0 bridgehead atoms. The third-order valence-electron chi connectivity index (χ3n) is 2.65. The van der Waals surface area contributed by atoms with Gasteiger partial charge in [0.05, 0.1) is 17.5 Å². The number of aryl methyl sites for hydroxylation is 1. The molecule has 0 spiro atoms. The Morgan fingerprint density at radius 3 is 3.19 bits per heavy atom. The molecule has 0 amide bonds. The van der Waals surface area contributed by atoms with Crippen molar-refractivity contribution in [2.24, 2.45) is 20.7 Å². The summed E-state index contributed by atoms with van der Waals surface area (Å²) in [6, 6.07) is -0.119. The van der Waals surface area contributed by atoms with Crippen LogP contribution in [0.25, 0.3) is 0 Å². The van der Waals surface area contributed by atoms with Gasteiger partial charge in [-0.3, -0.25) is 0 Å². The van der Waals surface area contributed by atoms with Crippen LogP contribution < -0.4 is 5.73 Å². The van der Waals surface area contributed by atoms with Crippen molar-refractivity contribution in [3.8, 4) is 0 Å². The van der Waals surface area contributed by atoms with Crippen molar-refractivity contribution < 1.29 is 0 Å². The molecule has 2 N–H and O–H groups in total. The van der Waals surface area contributed by atoms with E-state index in [9.17, 15) is 0 Å². The zero-order valence-corrected chi connectivity index (χ0v) is 8.96. The van der Waals surface area contributed by atoms with Crippen LogP contribution in [-0.2, 0) is 6.54 Å². The maximum atomic E-state index is 5.59. The topological polar surface area (TPSA) is 80.9 Å². The van der Waals surface area contributed by atoms with E-state index >= 15 is 0 Å². The van der Waals surface area contributed by atoms with Crippen LogP contribution in [0.3, 0.4) is 0 Å². The van der Waals surface area contributed by atoms with Gasteiger partial charge in [-0.05, 0) is 6.42 Å². The van der Waals surface area contributed by atoms with E-state index in [1.807, 2.05) is 4.68 Å². The Morgan fingerprint density at radius 1 is 1.50 bits per heavy atom. The zero-order valence-electron chi connectivity index (χ0n) is 8.96. The fourth-order valence-electron chi connectivity index (χ4n) is 1.96. The highest BCUT2D eigenvalue weighted by Crippen LogP contribution is 2.27. The minimum absolute atomic E-state index is 0.119. The lowest BCUT2D eigenvalue weighted by Crippen LogP contribution is -2.21. The Bertz CT molecular complexity index is 521. The second-order valence-electron chi connectivity index (χ2n) is 3.81. The van der Waals surface area contributed by atoms with Crippen molar-refractivity contribution in [2.45, 2.75) is 25.9 Å². The molecule has 1 unspecified atom stereocenters. The summed E-state index contributed by atoms with van der Waals surface area (Å²) in [6.45, 7) is 2.97. The van der Waals surface area contributed by atoms with Gasteiger partial charge in [-0.25, -0.2) is 19.7 Å². The lowest BCUT2D eigenvalue weighted by Gasteiger charge is -2.11. The van der Waals surface area contributed by atoms with Crippen LogP contribution in [0.4, 0.5) is 5.82 Å². The van der Waals surface area contributed by atoms with Gasteiger partial charge < -0.3 is 5.73 Å². The molecule has 2 aliphatic heterocycles. The van der Waals surface area contributed by atoms with E-state index in [2.05, 4.69) is 27.0 Å². The highest BCUT2D eigenvalue weighted by molar-refractivity contribution is 6.23. The van der Waals surface area contributed by atoms with E-state index in [4.69, 9.17) is 5.73 Å². The summed E-state index contributed by atoms with van der Waals surface area (Å²) >= 11 is 0. The maximum Gasteiger partial charge on any atom is 0.216 e. The van der Waals surface area contributed by atoms with E-state index in [1.54, 1.807) is 12.4 Å². The Balaban J connectivity index is 2.08. The van der Waals surface area contributed by atoms with Crippen LogP contribution in [-0.4, -0.2) is 33.7 Å². The molecule has 6 heteroatoms. The first kappa shape index (κ1) is 9.26. The molecule has 1 aromatic heterocycles. The number of aliphatic imine (C=N–C) groups is 3. The van der Waals surface area contributed by atoms with Gasteiger partial charge in [-0.2, -0.15) is 5.10 Å². The quantitative estimate of drug-likeness (QED) is 0.780. The first-order valence-electron chi connectivity index (χ1n) is 5.32. The molecular formula is C10H12N6. The highest BCUT2D eigenvalue weighted by atomic mass is 15.3. The number of hydrogen-bond acceptors (Lipinski definition) is 5. The van der Waals surface area contributed by atoms with Crippen molar-refractivity contribution in [3.05, 3.63) is 11.8 Å². The summed E-state index contributed by atoms with van der Waals surface area (Å²) in [5, 5.41) is 4.30. The van der Waals surface area contributed by atoms with Gasteiger partial charge in [0.2, 0.25) is 5.96 Å². The zero-order chi connectivity index (χ0) is 11.1. The lowest BCUT2D eigenvalue weighted by molar-refractivity contribution is 0.606. The van der Waals surface area contributed by atoms with E-state index in [1.165, 1.54) is 0 Å². The smallest absolute Gasteiger partial charge is 0.216 e. The van der Waals surface area contributed by atoms with E-state index in [-0.39, 0.29) is 6.04 Å². The molecule has 0 aromatic carbocycles. The lowest BCUT2D eigenvalue weighted by atomic mass is 10.1. The third kappa shape index (κ3) is 1.19. The average Bonchev–Trinajstić information content (AvgIpc) is 2.81. The predicted molar refractivity (Wildman–Crippen MR) is 62.6 cm³/mol. The summed E-state index contributed by atoms with van der Waals surface area (Å²) < 4.78 is 1.89. The van der Waals surface area contributed by atoms with Crippen molar-refractivity contribution in [1.82, 2.24) is 9.78 Å². The number of fused-ring (bicyclic) bond motifs is 3. The first-order chi connectivity index (χ1) is 7.79. The molecular weight excluding hydrogens is 204 g/mol. The fourth-order valence-corrected chi connectivity index (χ4v) is 1.96. The van der Waals surface area contributed by atoms with Crippen LogP contribution in [0.5, 0.6) is 0 Å². The van der Waals surface area contributed by atoms with E-state index in [0.717, 1.165) is 30.1 Å². The molecule has 0 fully saturated rings. The number of nitrogens with two attached hydrogens (primary N) is 1. The Hall–Kier alpha value is -1.98. The minimum atomic E-state index is -0.119. The number of rotatable bonds is 2. The van der Waals surface area contributed by atoms with Gasteiger partial charge in [0.25, 0.3) is 0 Å². The number of aromatic nitrogens is 2. The van der Waals surface area contributed by atoms with Gasteiger partial charge in [0.1, 0.15) is 6.04 Å². The average molecular weight is 216 g/mol. The summed E-state index contributed by atoms with van der Waals surface area (Å²) in [5.41, 5.74) is 7.41. The van der Waals surface area contributed by atoms with Crippen LogP contribution in [0, 0.1) is 0 Å². The predicted octanol–water partition coefficient (Wildman–Crippen LogP) is 0.495. The summed E-state index contributed by atoms with van der Waals surface area (Å²) in [5.74, 6) is 1.18. The molecule has 0 aliphatic carbocycles. The second-order valence-corrected chi connectivity index (χ2v) is 3.81. The van der Waals surface area contributed by atoms with Crippen molar-refractivity contribution >= 4 is 23.7 Å². The third-order valence-corrected chi connectivity index (χ3v) is 2.65. The highest BCUT2D eigenvalue weighted by Gasteiger charge is 2.29. The van der Waals surface area contributed by atoms with Gasteiger partial charge in [-0.1, -0.05) is 6.92 Å². The fraction of sp³-hybridized carbons (Fsp3) is 0.400. The second kappa shape index (κ2) is 3.26. The number of hydrogen-bond donors (Lipinski definition) is 1. The molecule has 2 aliphatic rings. The maximum absolute atomic E-state index is 5.59. The van der Waals surface area contributed by atoms with Gasteiger partial charge in [0, 0.05) is 12.8 Å². The van der Waals surface area contributed by atoms with E-state index in [0.29, 0.717) is 5.96 Å².